The highest BCUT2D eigenvalue weighted by molar-refractivity contribution is 7.99. The molecule has 0 aliphatic carbocycles. The molecular weight excluding hydrogens is 408 g/mol. The molecule has 4 nitrogen and oxygen atoms in total. The van der Waals surface area contributed by atoms with Gasteiger partial charge in [0.15, 0.2) is 0 Å². The lowest BCUT2D eigenvalue weighted by Crippen LogP contribution is -2.14. The number of hydrogen-bond acceptors (Lipinski definition) is 4. The molecule has 0 aliphatic heterocycles. The second-order valence-corrected chi connectivity index (χ2v) is 7.43. The van der Waals surface area contributed by atoms with Crippen LogP contribution in [0.1, 0.15) is 0 Å². The minimum Gasteiger partial charge on any atom is -0.267 e. The van der Waals surface area contributed by atoms with Crippen LogP contribution >= 0.6 is 35.0 Å². The van der Waals surface area contributed by atoms with Gasteiger partial charge >= 0.3 is 0 Å². The molecule has 134 valence electrons. The third-order valence-electron chi connectivity index (χ3n) is 3.86. The Morgan fingerprint density at radius 3 is 2.41 bits per heavy atom. The molecule has 0 spiro atoms. The van der Waals surface area contributed by atoms with Gasteiger partial charge in [-0.25, -0.2) is 8.91 Å². The largest absolute Gasteiger partial charge is 0.281 e. The number of benzene rings is 2. The fourth-order valence-corrected chi connectivity index (χ4v) is 4.04. The van der Waals surface area contributed by atoms with Gasteiger partial charge in [0.1, 0.15) is 17.2 Å². The molecule has 0 fully saturated rings. The van der Waals surface area contributed by atoms with Gasteiger partial charge in [0, 0.05) is 10.5 Å². The molecule has 0 atom stereocenters. The summed E-state index contributed by atoms with van der Waals surface area (Å²) in [5.41, 5.74) is 0.722. The van der Waals surface area contributed by atoms with E-state index in [4.69, 9.17) is 23.2 Å². The lowest BCUT2D eigenvalue weighted by Gasteiger charge is -2.10. The fraction of sp³-hybridized carbons (Fsp3) is 0. The molecule has 2 aromatic heterocycles. The number of nitrogens with zero attached hydrogens (tertiary/aromatic N) is 3. The summed E-state index contributed by atoms with van der Waals surface area (Å²) < 4.78 is 15.3. The van der Waals surface area contributed by atoms with E-state index >= 15 is 0 Å². The normalized spacial score (nSPS) is 11.1. The minimum atomic E-state index is -0.457. The maximum Gasteiger partial charge on any atom is 0.281 e. The predicted octanol–water partition coefficient (Wildman–Crippen LogP) is 5.35. The highest BCUT2D eigenvalue weighted by atomic mass is 35.5. The van der Waals surface area contributed by atoms with E-state index < -0.39 is 5.56 Å². The Labute approximate surface area is 167 Å². The van der Waals surface area contributed by atoms with Gasteiger partial charge in [0.2, 0.25) is 0 Å². The van der Waals surface area contributed by atoms with E-state index in [0.29, 0.717) is 31.0 Å². The molecule has 0 bridgehead atoms. The van der Waals surface area contributed by atoms with Crippen molar-refractivity contribution >= 4 is 40.5 Å². The summed E-state index contributed by atoms with van der Waals surface area (Å²) in [5, 5.41) is 5.67. The van der Waals surface area contributed by atoms with Gasteiger partial charge in [-0.15, -0.1) is 0 Å². The maximum atomic E-state index is 13.9. The van der Waals surface area contributed by atoms with E-state index in [0.717, 1.165) is 0 Å². The first-order valence-corrected chi connectivity index (χ1v) is 9.37. The van der Waals surface area contributed by atoms with E-state index in [2.05, 4.69) is 10.1 Å². The molecule has 0 unspecified atom stereocenters. The minimum absolute atomic E-state index is 0.267. The van der Waals surface area contributed by atoms with Crippen LogP contribution in [-0.2, 0) is 0 Å². The van der Waals surface area contributed by atoms with Crippen molar-refractivity contribution in [1.82, 2.24) is 14.6 Å². The highest BCUT2D eigenvalue weighted by Gasteiger charge is 2.17. The summed E-state index contributed by atoms with van der Waals surface area (Å²) in [6, 6.07) is 14.9. The van der Waals surface area contributed by atoms with Crippen LogP contribution in [0.4, 0.5) is 4.39 Å². The Hall–Kier alpha value is -2.41. The summed E-state index contributed by atoms with van der Waals surface area (Å²) >= 11 is 13.7. The van der Waals surface area contributed by atoms with Crippen LogP contribution < -0.4 is 5.56 Å². The van der Waals surface area contributed by atoms with Crippen LogP contribution in [0.5, 0.6) is 0 Å². The van der Waals surface area contributed by atoms with Crippen LogP contribution in [0, 0.1) is 5.82 Å². The SMILES string of the molecule is O=c1ncn2nc(Sc3ccccc3F)ccc2c1-c1c(Cl)cccc1Cl. The fourth-order valence-electron chi connectivity index (χ4n) is 2.65. The predicted molar refractivity (Wildman–Crippen MR) is 105 cm³/mol. The average molecular weight is 418 g/mol. The van der Waals surface area contributed by atoms with Gasteiger partial charge < -0.3 is 0 Å². The lowest BCUT2D eigenvalue weighted by atomic mass is 10.1. The highest BCUT2D eigenvalue weighted by Crippen LogP contribution is 2.35. The quantitative estimate of drug-likeness (QED) is 0.450. The van der Waals surface area contributed by atoms with E-state index in [1.807, 2.05) is 0 Å². The first kappa shape index (κ1) is 18.0. The van der Waals surface area contributed by atoms with Crippen LogP contribution in [0.15, 0.2) is 75.6 Å². The Morgan fingerprint density at radius 1 is 0.926 bits per heavy atom. The number of hydrogen-bond donors (Lipinski definition) is 0. The zero-order chi connectivity index (χ0) is 19.0. The molecule has 0 saturated heterocycles. The monoisotopic (exact) mass is 417 g/mol. The molecule has 0 amide bonds. The molecular formula is C19H10Cl2FN3OS. The van der Waals surface area contributed by atoms with Gasteiger partial charge in [0.25, 0.3) is 5.56 Å². The summed E-state index contributed by atoms with van der Waals surface area (Å²) in [5.74, 6) is -0.328. The molecule has 8 heteroatoms. The topological polar surface area (TPSA) is 47.3 Å². The second-order valence-electron chi connectivity index (χ2n) is 5.56. The van der Waals surface area contributed by atoms with Gasteiger partial charge in [-0.2, -0.15) is 10.1 Å². The van der Waals surface area contributed by atoms with Gasteiger partial charge in [-0.1, -0.05) is 53.2 Å². The molecule has 0 saturated carbocycles. The van der Waals surface area contributed by atoms with Crippen LogP contribution in [0.2, 0.25) is 10.0 Å². The summed E-state index contributed by atoms with van der Waals surface area (Å²) in [4.78, 5) is 16.8. The lowest BCUT2D eigenvalue weighted by molar-refractivity contribution is 0.601. The summed E-state index contributed by atoms with van der Waals surface area (Å²) in [7, 11) is 0. The molecule has 2 heterocycles. The standard InChI is InChI=1S/C19H10Cl2FN3OS/c20-11-4-3-5-12(21)17(11)18-14-8-9-16(24-25(14)10-23-19(18)26)27-15-7-2-1-6-13(15)22/h1-10H. The van der Waals surface area contributed by atoms with Crippen molar-refractivity contribution in [2.45, 2.75) is 9.92 Å². The first-order chi connectivity index (χ1) is 13.0. The molecule has 0 radical (unpaired) electrons. The molecule has 27 heavy (non-hydrogen) atoms. The number of aromatic nitrogens is 3. The molecule has 4 aromatic rings. The van der Waals surface area contributed by atoms with Crippen molar-refractivity contribution in [3.8, 4) is 11.1 Å². The van der Waals surface area contributed by atoms with Crippen LogP contribution in [0.25, 0.3) is 16.6 Å². The average Bonchev–Trinajstić information content (AvgIpc) is 2.65. The van der Waals surface area contributed by atoms with Gasteiger partial charge in [-0.3, -0.25) is 4.79 Å². The molecule has 2 aromatic carbocycles. The van der Waals surface area contributed by atoms with Crippen molar-refractivity contribution < 1.29 is 4.39 Å². The van der Waals surface area contributed by atoms with Crippen molar-refractivity contribution in [3.63, 3.8) is 0 Å². The Balaban J connectivity index is 1.87. The van der Waals surface area contributed by atoms with E-state index in [1.165, 1.54) is 28.7 Å². The smallest absolute Gasteiger partial charge is 0.267 e. The Kier molecular flexibility index (Phi) is 4.86. The molecule has 0 aliphatic rings. The van der Waals surface area contributed by atoms with Crippen LogP contribution in [0.3, 0.4) is 0 Å². The van der Waals surface area contributed by atoms with Crippen LogP contribution in [-0.4, -0.2) is 14.6 Å². The number of fused-ring (bicyclic) bond motifs is 1. The van der Waals surface area contributed by atoms with E-state index in [9.17, 15) is 9.18 Å². The maximum absolute atomic E-state index is 13.9. The van der Waals surface area contributed by atoms with Crippen molar-refractivity contribution in [3.05, 3.63) is 87.1 Å². The summed E-state index contributed by atoms with van der Waals surface area (Å²) in [6.07, 6.45) is 1.32. The van der Waals surface area contributed by atoms with Crippen molar-refractivity contribution in [1.29, 1.82) is 0 Å². The van der Waals surface area contributed by atoms with Gasteiger partial charge in [-0.05, 0) is 36.4 Å². The summed E-state index contributed by atoms with van der Waals surface area (Å²) in [6.45, 7) is 0. The first-order valence-electron chi connectivity index (χ1n) is 7.80. The number of halogens is 3. The molecule has 0 N–H and O–H groups in total. The Bertz CT molecular complexity index is 1210. The van der Waals surface area contributed by atoms with E-state index in [-0.39, 0.29) is 11.4 Å². The zero-order valence-electron chi connectivity index (χ0n) is 13.6. The molecule has 4 rings (SSSR count). The van der Waals surface area contributed by atoms with Crippen molar-refractivity contribution in [2.24, 2.45) is 0 Å². The van der Waals surface area contributed by atoms with Gasteiger partial charge in [0.05, 0.1) is 21.1 Å². The Morgan fingerprint density at radius 2 is 1.67 bits per heavy atom. The zero-order valence-corrected chi connectivity index (χ0v) is 15.9. The third kappa shape index (κ3) is 3.43. The number of rotatable bonds is 3. The third-order valence-corrected chi connectivity index (χ3v) is 5.46. The second kappa shape index (κ2) is 7.31. The van der Waals surface area contributed by atoms with E-state index in [1.54, 1.807) is 48.5 Å². The van der Waals surface area contributed by atoms with Crippen molar-refractivity contribution in [2.75, 3.05) is 0 Å².